The Hall–Kier alpha value is -5.82. The smallest absolute Gasteiger partial charge is 0.305 e. The average molecular weight is 737 g/mol. The van der Waals surface area contributed by atoms with Crippen molar-refractivity contribution in [2.24, 2.45) is 13.0 Å². The van der Waals surface area contributed by atoms with Gasteiger partial charge in [0, 0.05) is 31.6 Å². The number of nitrogens with one attached hydrogen (secondary N) is 2. The molecule has 54 heavy (non-hydrogen) atoms. The number of rotatable bonds is 7. The monoisotopic (exact) mass is 736 g/mol. The summed E-state index contributed by atoms with van der Waals surface area (Å²) in [5, 5.41) is 19.6. The minimum atomic E-state index is -3.05. The zero-order valence-corrected chi connectivity index (χ0v) is 29.5. The van der Waals surface area contributed by atoms with Gasteiger partial charge in [0.25, 0.3) is 11.8 Å². The van der Waals surface area contributed by atoms with E-state index in [1.165, 1.54) is 28.3 Å². The second-order valence-corrected chi connectivity index (χ2v) is 14.6. The van der Waals surface area contributed by atoms with Crippen molar-refractivity contribution in [1.29, 1.82) is 5.26 Å². The first kappa shape index (κ1) is 35.2. The van der Waals surface area contributed by atoms with Crippen LogP contribution in [0.5, 0.6) is 0 Å². The van der Waals surface area contributed by atoms with E-state index in [-0.39, 0.29) is 49.2 Å². The first-order valence-corrected chi connectivity index (χ1v) is 18.2. The number of pyridine rings is 2. The molecule has 6 heterocycles. The van der Waals surface area contributed by atoms with Crippen LogP contribution in [0.15, 0.2) is 59.7 Å². The second-order valence-electron chi connectivity index (χ2n) is 14.6. The van der Waals surface area contributed by atoms with Crippen LogP contribution in [0.4, 0.5) is 14.6 Å². The molecular weight excluding hydrogens is 698 g/mol. The zero-order valence-electron chi connectivity index (χ0n) is 29.5. The molecule has 2 atom stereocenters. The lowest BCUT2D eigenvalue weighted by Crippen LogP contribution is -2.49. The number of hydrogen-bond acceptors (Lipinski definition) is 9. The van der Waals surface area contributed by atoms with Crippen molar-refractivity contribution in [3.05, 3.63) is 82.3 Å². The number of imidazole rings is 1. The molecule has 5 aromatic rings. The Kier molecular flexibility index (Phi) is 9.05. The lowest BCUT2D eigenvalue weighted by atomic mass is 9.83. The molecule has 4 aromatic heterocycles. The molecule has 0 spiro atoms. The van der Waals surface area contributed by atoms with Crippen LogP contribution in [-0.4, -0.2) is 77.1 Å². The third-order valence-corrected chi connectivity index (χ3v) is 11.2. The summed E-state index contributed by atoms with van der Waals surface area (Å²) >= 11 is 0. The highest BCUT2D eigenvalue weighted by Crippen LogP contribution is 2.44. The topological polar surface area (TPSA) is 173 Å². The minimum absolute atomic E-state index is 0.0967. The molecule has 0 radical (unpaired) electrons. The summed E-state index contributed by atoms with van der Waals surface area (Å²) in [7, 11) is 1.54. The number of nitrogens with zero attached hydrogens (tertiary/aromatic N) is 8. The van der Waals surface area contributed by atoms with Crippen LogP contribution < -0.4 is 16.3 Å². The van der Waals surface area contributed by atoms with Crippen molar-refractivity contribution < 1.29 is 23.2 Å². The Morgan fingerprint density at radius 3 is 2.63 bits per heavy atom. The number of piperidine rings is 2. The van der Waals surface area contributed by atoms with Gasteiger partial charge in [-0.15, -0.1) is 0 Å². The van der Waals surface area contributed by atoms with Crippen LogP contribution in [0.3, 0.4) is 0 Å². The van der Waals surface area contributed by atoms with Gasteiger partial charge in [-0.25, -0.2) is 23.5 Å². The van der Waals surface area contributed by atoms with Crippen LogP contribution >= 0.6 is 0 Å². The van der Waals surface area contributed by atoms with Crippen molar-refractivity contribution >= 4 is 45.5 Å². The van der Waals surface area contributed by atoms with E-state index in [4.69, 9.17) is 10.4 Å². The summed E-state index contributed by atoms with van der Waals surface area (Å²) < 4.78 is 36.8. The molecule has 2 N–H and O–H groups in total. The van der Waals surface area contributed by atoms with Gasteiger partial charge in [0.1, 0.15) is 34.8 Å². The number of anilines is 1. The standard InChI is InChI=1S/C38H38F2N10O4/c1-47-34-26(5-3-7-30(34)50(37(47)54)31-12-13-33(51)45-36(31)53)27-14-15-48(21-38(27,39)40)19-22-8-10-25(11-9-22)49-20-23-16-32(42-18-29(23)46-49)44-35(52)28-6-2-4-24(17-41)43-28/h2-7,16,18,20,22,25,27,31H,8-15,19,21H2,1H3,(H,44,52)(H,45,51,53)/t22-,25-,27?,31?. The lowest BCUT2D eigenvalue weighted by molar-refractivity contribution is -0.135. The Morgan fingerprint density at radius 1 is 1.07 bits per heavy atom. The maximum atomic E-state index is 16.1. The molecule has 2 unspecified atom stereocenters. The third-order valence-electron chi connectivity index (χ3n) is 11.2. The number of aromatic nitrogens is 6. The molecule has 3 amide bonds. The zero-order chi connectivity index (χ0) is 37.7. The predicted octanol–water partition coefficient (Wildman–Crippen LogP) is 4.44. The predicted molar refractivity (Wildman–Crippen MR) is 193 cm³/mol. The fraction of sp³-hybridized carbons (Fsp3) is 0.421. The molecule has 14 nitrogen and oxygen atoms in total. The SMILES string of the molecule is Cn1c(=O)n(C2CCC(=O)NC2=O)c2cccc(C3CCN(C[C@H]4CC[C@H](n5cc6cc(NC(=O)c7cccc(C#N)n7)ncc6n5)CC4)CC3(F)F)c21. The van der Waals surface area contributed by atoms with E-state index in [1.807, 2.05) is 21.8 Å². The number of halogens is 2. The van der Waals surface area contributed by atoms with Crippen molar-refractivity contribution in [3.8, 4) is 6.07 Å². The van der Waals surface area contributed by atoms with Gasteiger partial charge in [0.15, 0.2) is 0 Å². The van der Waals surface area contributed by atoms with Gasteiger partial charge in [-0.1, -0.05) is 18.2 Å². The van der Waals surface area contributed by atoms with E-state index < -0.39 is 41.3 Å². The number of aryl methyl sites for hydroxylation is 1. The third kappa shape index (κ3) is 6.53. The first-order chi connectivity index (χ1) is 26.0. The number of para-hydroxylation sites is 1. The summed E-state index contributed by atoms with van der Waals surface area (Å²) in [5.41, 5.74) is 1.66. The number of carbonyl (C=O) groups is 3. The maximum Gasteiger partial charge on any atom is 0.329 e. The summed E-state index contributed by atoms with van der Waals surface area (Å²) in [5.74, 6) is -4.97. The summed E-state index contributed by atoms with van der Waals surface area (Å²) in [4.78, 5) is 60.7. The van der Waals surface area contributed by atoms with Crippen molar-refractivity contribution in [1.82, 2.24) is 39.1 Å². The number of likely N-dealkylation sites (tertiary alicyclic amines) is 1. The van der Waals surface area contributed by atoms with Crippen LogP contribution in [0.2, 0.25) is 0 Å². The molecule has 1 aliphatic carbocycles. The van der Waals surface area contributed by atoms with Gasteiger partial charge < -0.3 is 5.32 Å². The largest absolute Gasteiger partial charge is 0.329 e. The van der Waals surface area contributed by atoms with Gasteiger partial charge in [-0.3, -0.25) is 38.4 Å². The number of nitriles is 1. The van der Waals surface area contributed by atoms with E-state index in [0.717, 1.165) is 31.1 Å². The number of hydrogen-bond donors (Lipinski definition) is 2. The Morgan fingerprint density at radius 2 is 1.87 bits per heavy atom. The summed E-state index contributed by atoms with van der Waals surface area (Å²) in [6, 6.07) is 12.6. The van der Waals surface area contributed by atoms with Gasteiger partial charge in [0.05, 0.1) is 35.7 Å². The Balaban J connectivity index is 0.895. The van der Waals surface area contributed by atoms with E-state index in [1.54, 1.807) is 36.5 Å². The van der Waals surface area contributed by atoms with Crippen molar-refractivity contribution in [3.63, 3.8) is 0 Å². The van der Waals surface area contributed by atoms with Crippen molar-refractivity contribution in [2.45, 2.75) is 68.9 Å². The molecule has 1 aromatic carbocycles. The fourth-order valence-electron chi connectivity index (χ4n) is 8.49. The van der Waals surface area contributed by atoms with Crippen LogP contribution in [0.25, 0.3) is 21.9 Å². The molecule has 2 saturated heterocycles. The van der Waals surface area contributed by atoms with Crippen LogP contribution in [0, 0.1) is 17.2 Å². The minimum Gasteiger partial charge on any atom is -0.305 e. The van der Waals surface area contributed by atoms with Gasteiger partial charge in [-0.05, 0) is 80.8 Å². The number of carbonyl (C=O) groups excluding carboxylic acids is 3. The number of amides is 3. The van der Waals surface area contributed by atoms with E-state index in [0.29, 0.717) is 41.0 Å². The van der Waals surface area contributed by atoms with Gasteiger partial charge in [-0.2, -0.15) is 10.4 Å². The normalized spacial score (nSPS) is 23.3. The molecule has 8 rings (SSSR count). The fourth-order valence-corrected chi connectivity index (χ4v) is 8.49. The van der Waals surface area contributed by atoms with E-state index in [9.17, 15) is 19.2 Å². The quantitative estimate of drug-likeness (QED) is 0.229. The average Bonchev–Trinajstić information content (AvgIpc) is 3.69. The first-order valence-electron chi connectivity index (χ1n) is 18.2. The van der Waals surface area contributed by atoms with Gasteiger partial charge >= 0.3 is 5.69 Å². The molecule has 1 saturated carbocycles. The summed E-state index contributed by atoms with van der Waals surface area (Å²) in [6.45, 7) is 0.685. The highest BCUT2D eigenvalue weighted by atomic mass is 19.3. The molecule has 0 bridgehead atoms. The Labute approximate surface area is 307 Å². The van der Waals surface area contributed by atoms with Gasteiger partial charge in [0.2, 0.25) is 11.8 Å². The van der Waals surface area contributed by atoms with Crippen LogP contribution in [-0.2, 0) is 16.6 Å². The maximum absolute atomic E-state index is 16.1. The molecule has 2 aliphatic heterocycles. The van der Waals surface area contributed by atoms with Crippen molar-refractivity contribution in [2.75, 3.05) is 25.0 Å². The number of benzene rings is 1. The molecule has 16 heteroatoms. The number of alkyl halides is 2. The summed E-state index contributed by atoms with van der Waals surface area (Å²) in [6.07, 6.45) is 7.47. The van der Waals surface area contributed by atoms with E-state index in [2.05, 4.69) is 20.6 Å². The second kappa shape index (κ2) is 13.9. The van der Waals surface area contributed by atoms with E-state index >= 15 is 8.78 Å². The molecule has 3 aliphatic rings. The number of imide groups is 1. The highest BCUT2D eigenvalue weighted by Gasteiger charge is 2.47. The highest BCUT2D eigenvalue weighted by molar-refractivity contribution is 6.03. The Bertz CT molecular complexity index is 2400. The molecule has 278 valence electrons. The number of fused-ring (bicyclic) bond motifs is 2. The van der Waals surface area contributed by atoms with Crippen LogP contribution in [0.1, 0.15) is 84.7 Å². The molecular formula is C38H38F2N10O4. The lowest BCUT2D eigenvalue weighted by Gasteiger charge is -2.41. The molecule has 3 fully saturated rings.